The van der Waals surface area contributed by atoms with Crippen molar-refractivity contribution in [2.75, 3.05) is 5.32 Å². The monoisotopic (exact) mass is 532 g/mol. The third-order valence-electron chi connectivity index (χ3n) is 6.29. The van der Waals surface area contributed by atoms with Gasteiger partial charge in [-0.05, 0) is 35.7 Å². The van der Waals surface area contributed by atoms with Crippen molar-refractivity contribution in [2.24, 2.45) is 0 Å². The van der Waals surface area contributed by atoms with E-state index in [1.807, 2.05) is 29.0 Å². The number of anilines is 1. The lowest BCUT2D eigenvalue weighted by molar-refractivity contribution is 0.102. The maximum absolute atomic E-state index is 16.1. The van der Waals surface area contributed by atoms with Crippen molar-refractivity contribution in [3.63, 3.8) is 0 Å². The number of thiophene rings is 1. The zero-order valence-electron chi connectivity index (χ0n) is 20.0. The second kappa shape index (κ2) is 9.23. The smallest absolute Gasteiger partial charge is 0.255 e. The number of halogens is 1. The van der Waals surface area contributed by atoms with Crippen LogP contribution >= 0.6 is 11.3 Å². The first-order valence-electron chi connectivity index (χ1n) is 11.9. The van der Waals surface area contributed by atoms with Gasteiger partial charge in [0, 0.05) is 46.2 Å². The van der Waals surface area contributed by atoms with Crippen molar-refractivity contribution in [3.8, 4) is 33.9 Å². The van der Waals surface area contributed by atoms with Crippen molar-refractivity contribution in [1.29, 1.82) is 0 Å². The van der Waals surface area contributed by atoms with Crippen LogP contribution in [0.3, 0.4) is 0 Å². The maximum atomic E-state index is 16.1. The normalized spacial score (nSPS) is 11.3. The van der Waals surface area contributed by atoms with Gasteiger partial charge in [0.1, 0.15) is 17.0 Å². The zero-order chi connectivity index (χ0) is 26.3. The number of benzene rings is 1. The molecule has 0 aliphatic carbocycles. The van der Waals surface area contributed by atoms with Crippen molar-refractivity contribution < 1.29 is 9.18 Å². The van der Waals surface area contributed by atoms with Crippen LogP contribution in [-0.4, -0.2) is 41.0 Å². The highest BCUT2D eigenvalue weighted by Crippen LogP contribution is 2.34. The van der Waals surface area contributed by atoms with Gasteiger partial charge in [0.15, 0.2) is 11.5 Å². The average Bonchev–Trinajstić information content (AvgIpc) is 3.73. The molecule has 0 aliphatic rings. The lowest BCUT2D eigenvalue weighted by Gasteiger charge is -2.08. The molecule has 0 fully saturated rings. The fraction of sp³-hybridized carbons (Fsp3) is 0. The molecule has 1 amide bonds. The van der Waals surface area contributed by atoms with E-state index in [0.29, 0.717) is 33.8 Å². The minimum absolute atomic E-state index is 0.190. The molecule has 3 N–H and O–H groups in total. The van der Waals surface area contributed by atoms with Crippen LogP contribution in [-0.2, 0) is 0 Å². The molecule has 0 bridgehead atoms. The predicted molar refractivity (Wildman–Crippen MR) is 148 cm³/mol. The van der Waals surface area contributed by atoms with E-state index >= 15 is 4.39 Å². The first-order chi connectivity index (χ1) is 19.2. The van der Waals surface area contributed by atoms with E-state index in [0.717, 1.165) is 16.8 Å². The van der Waals surface area contributed by atoms with Gasteiger partial charge in [-0.1, -0.05) is 18.2 Å². The first-order valence-corrected chi connectivity index (χ1v) is 12.8. The van der Waals surface area contributed by atoms with Crippen LogP contribution in [0.25, 0.3) is 56.0 Å². The molecule has 0 saturated carbocycles. The number of hydrogen-bond donors (Lipinski definition) is 3. The van der Waals surface area contributed by atoms with Gasteiger partial charge < -0.3 is 10.3 Å². The molecule has 0 atom stereocenters. The van der Waals surface area contributed by atoms with Gasteiger partial charge in [-0.25, -0.2) is 14.4 Å². The summed E-state index contributed by atoms with van der Waals surface area (Å²) in [5, 5.41) is 14.1. The molecule has 0 radical (unpaired) electrons. The van der Waals surface area contributed by atoms with Crippen LogP contribution in [0.4, 0.5) is 10.1 Å². The SMILES string of the molecule is O=C(Nc1cncc(-c2cnc3[nH]nc(-c4nc5c(-c6ccsc6)nccc5[nH]4)c3c2F)c1)c1ccccc1. The fourth-order valence-electron chi connectivity index (χ4n) is 4.43. The van der Waals surface area contributed by atoms with E-state index < -0.39 is 5.82 Å². The van der Waals surface area contributed by atoms with E-state index in [1.165, 1.54) is 18.6 Å². The van der Waals surface area contributed by atoms with Gasteiger partial charge >= 0.3 is 0 Å². The summed E-state index contributed by atoms with van der Waals surface area (Å²) in [6.45, 7) is 0. The Morgan fingerprint density at radius 3 is 2.72 bits per heavy atom. The quantitative estimate of drug-likeness (QED) is 0.247. The van der Waals surface area contributed by atoms with Gasteiger partial charge in [-0.15, -0.1) is 0 Å². The Bertz CT molecular complexity index is 1980. The molecular formula is C28H17FN8OS. The molecule has 6 aromatic heterocycles. The van der Waals surface area contributed by atoms with Crippen LogP contribution in [0.5, 0.6) is 0 Å². The van der Waals surface area contributed by atoms with Gasteiger partial charge in [0.05, 0.1) is 28.5 Å². The third-order valence-corrected chi connectivity index (χ3v) is 6.97. The molecule has 0 aliphatic heterocycles. The molecule has 1 aromatic carbocycles. The Morgan fingerprint density at radius 2 is 1.87 bits per heavy atom. The number of aromatic amines is 2. The highest BCUT2D eigenvalue weighted by Gasteiger charge is 2.22. The number of imidazole rings is 1. The summed E-state index contributed by atoms with van der Waals surface area (Å²) in [6, 6.07) is 14.3. The van der Waals surface area contributed by atoms with Crippen molar-refractivity contribution in [1.82, 2.24) is 35.1 Å². The minimum Gasteiger partial charge on any atom is -0.336 e. The van der Waals surface area contributed by atoms with E-state index in [-0.39, 0.29) is 22.5 Å². The van der Waals surface area contributed by atoms with E-state index in [4.69, 9.17) is 4.98 Å². The number of H-pyrrole nitrogens is 2. The second-order valence-corrected chi connectivity index (χ2v) is 9.50. The predicted octanol–water partition coefficient (Wildman–Crippen LogP) is 6.08. The Labute approximate surface area is 223 Å². The van der Waals surface area contributed by atoms with Crippen molar-refractivity contribution in [2.45, 2.75) is 0 Å². The fourth-order valence-corrected chi connectivity index (χ4v) is 5.07. The van der Waals surface area contributed by atoms with E-state index in [9.17, 15) is 4.79 Å². The summed E-state index contributed by atoms with van der Waals surface area (Å²) in [5.41, 5.74) is 5.29. The number of nitrogens with one attached hydrogen (secondary N) is 3. The summed E-state index contributed by atoms with van der Waals surface area (Å²) >= 11 is 1.57. The average molecular weight is 533 g/mol. The van der Waals surface area contributed by atoms with Crippen LogP contribution in [0.15, 0.2) is 84.1 Å². The Hall–Kier alpha value is -5.29. The van der Waals surface area contributed by atoms with Crippen LogP contribution < -0.4 is 5.32 Å². The molecule has 7 aromatic rings. The number of carbonyl (C=O) groups is 1. The van der Waals surface area contributed by atoms with E-state index in [2.05, 4.69) is 35.5 Å². The molecule has 0 spiro atoms. The van der Waals surface area contributed by atoms with Gasteiger partial charge in [-0.3, -0.25) is 19.9 Å². The second-order valence-electron chi connectivity index (χ2n) is 8.72. The number of carbonyl (C=O) groups excluding carboxylic acids is 1. The molecule has 11 heteroatoms. The summed E-state index contributed by atoms with van der Waals surface area (Å²) < 4.78 is 16.1. The maximum Gasteiger partial charge on any atom is 0.255 e. The van der Waals surface area contributed by atoms with Crippen molar-refractivity contribution >= 4 is 45.0 Å². The number of amides is 1. The zero-order valence-corrected chi connectivity index (χ0v) is 20.8. The lowest BCUT2D eigenvalue weighted by Crippen LogP contribution is -2.11. The first kappa shape index (κ1) is 22.9. The van der Waals surface area contributed by atoms with Crippen LogP contribution in [0.1, 0.15) is 10.4 Å². The summed E-state index contributed by atoms with van der Waals surface area (Å²) in [6.07, 6.45) is 6.14. The number of rotatable bonds is 5. The molecule has 188 valence electrons. The number of aromatic nitrogens is 7. The number of pyridine rings is 3. The molecule has 6 heterocycles. The van der Waals surface area contributed by atoms with Crippen LogP contribution in [0, 0.1) is 5.82 Å². The minimum atomic E-state index is -0.534. The highest BCUT2D eigenvalue weighted by atomic mass is 32.1. The number of fused-ring (bicyclic) bond motifs is 2. The molecule has 9 nitrogen and oxygen atoms in total. The van der Waals surface area contributed by atoms with E-state index in [1.54, 1.807) is 47.9 Å². The number of hydrogen-bond acceptors (Lipinski definition) is 7. The molecule has 0 unspecified atom stereocenters. The Balaban J connectivity index is 1.29. The number of nitrogens with zero attached hydrogens (tertiary/aromatic N) is 5. The summed E-state index contributed by atoms with van der Waals surface area (Å²) in [5.74, 6) is -0.434. The molecule has 7 rings (SSSR count). The Morgan fingerprint density at radius 1 is 0.974 bits per heavy atom. The standard InChI is InChI=1S/C28H17FN8OS/c29-22-19(17-10-18(12-30-11-17)33-28(38)15-4-2-1-3-5-15)13-32-26-21(22)25(36-37-26)27-34-20-6-8-31-23(24(20)35-27)16-7-9-39-14-16/h1-14H,(H,33,38)(H,34,35)(H,32,36,37). The van der Waals surface area contributed by atoms with Gasteiger partial charge in [0.25, 0.3) is 5.91 Å². The third kappa shape index (κ3) is 4.01. The summed E-state index contributed by atoms with van der Waals surface area (Å²) in [4.78, 5) is 33.7. The van der Waals surface area contributed by atoms with Crippen LogP contribution in [0.2, 0.25) is 0 Å². The summed E-state index contributed by atoms with van der Waals surface area (Å²) in [7, 11) is 0. The largest absolute Gasteiger partial charge is 0.336 e. The van der Waals surface area contributed by atoms with Crippen molar-refractivity contribution in [3.05, 3.63) is 95.5 Å². The topological polar surface area (TPSA) is 125 Å². The molecule has 39 heavy (non-hydrogen) atoms. The molecular weight excluding hydrogens is 515 g/mol. The Kier molecular flexibility index (Phi) is 5.41. The lowest BCUT2D eigenvalue weighted by atomic mass is 10.1. The molecule has 0 saturated heterocycles. The highest BCUT2D eigenvalue weighted by molar-refractivity contribution is 7.08. The van der Waals surface area contributed by atoms with Gasteiger partial charge in [0.2, 0.25) is 0 Å². The van der Waals surface area contributed by atoms with Gasteiger partial charge in [-0.2, -0.15) is 16.4 Å².